The van der Waals surface area contributed by atoms with Crippen LogP contribution in [0, 0.1) is 0 Å². The normalized spacial score (nSPS) is 24.5. The Balaban J connectivity index is 1.48. The smallest absolute Gasteiger partial charge is 0.222 e. The second-order valence-corrected chi connectivity index (χ2v) is 8.28. The molecule has 5 atom stereocenters. The molecule has 0 radical (unpaired) electrons. The maximum atomic E-state index is 10.6. The van der Waals surface area contributed by atoms with E-state index >= 15 is 0 Å². The minimum atomic E-state index is -1.11. The van der Waals surface area contributed by atoms with Gasteiger partial charge in [-0.1, -0.05) is 5.16 Å². The number of nitrogens with two attached hydrogens (primary N) is 1. The van der Waals surface area contributed by atoms with E-state index in [1.54, 1.807) is 11.5 Å². The molecular formula is C21H35N7O5. The number of imidazole rings is 1. The third kappa shape index (κ3) is 6.08. The Hall–Kier alpha value is -2.54. The van der Waals surface area contributed by atoms with Gasteiger partial charge in [0, 0.05) is 13.0 Å². The van der Waals surface area contributed by atoms with Gasteiger partial charge in [0.05, 0.1) is 19.0 Å². The highest BCUT2D eigenvalue weighted by molar-refractivity contribution is 5.81. The van der Waals surface area contributed by atoms with E-state index in [0.29, 0.717) is 36.7 Å². The first-order chi connectivity index (χ1) is 15.8. The largest absolute Gasteiger partial charge is 0.479 e. The van der Waals surface area contributed by atoms with Crippen LogP contribution in [0.3, 0.4) is 0 Å². The molecule has 2 aromatic rings. The first-order valence-corrected chi connectivity index (χ1v) is 11.3. The summed E-state index contributed by atoms with van der Waals surface area (Å²) in [4.78, 5) is 19.8. The number of rotatable bonds is 11. The first kappa shape index (κ1) is 25.1. The number of nitrogens with zero attached hydrogens (tertiary/aromatic N) is 6. The van der Waals surface area contributed by atoms with Crippen LogP contribution < -0.4 is 5.73 Å². The molecule has 184 valence electrons. The highest BCUT2D eigenvalue weighted by atomic mass is 16.6. The Morgan fingerprint density at radius 1 is 1.30 bits per heavy atom. The van der Waals surface area contributed by atoms with Crippen LogP contribution in [0.4, 0.5) is 5.82 Å². The van der Waals surface area contributed by atoms with Gasteiger partial charge in [0.2, 0.25) is 5.90 Å². The predicted octanol–water partition coefficient (Wildman–Crippen LogP) is 0.905. The van der Waals surface area contributed by atoms with Gasteiger partial charge in [0.25, 0.3) is 0 Å². The number of aliphatic hydroxyl groups is 2. The van der Waals surface area contributed by atoms with Gasteiger partial charge in [0.15, 0.2) is 17.7 Å². The van der Waals surface area contributed by atoms with Crippen molar-refractivity contribution in [3.63, 3.8) is 0 Å². The van der Waals surface area contributed by atoms with Crippen molar-refractivity contribution in [2.75, 3.05) is 32.5 Å². The van der Waals surface area contributed by atoms with E-state index in [0.717, 1.165) is 19.4 Å². The van der Waals surface area contributed by atoms with Gasteiger partial charge >= 0.3 is 0 Å². The van der Waals surface area contributed by atoms with Crippen LogP contribution in [-0.2, 0) is 14.3 Å². The van der Waals surface area contributed by atoms with Gasteiger partial charge in [-0.05, 0) is 46.7 Å². The molecule has 0 aromatic carbocycles. The molecule has 0 saturated carbocycles. The van der Waals surface area contributed by atoms with E-state index in [1.807, 2.05) is 14.0 Å². The average molecular weight is 466 g/mol. The Bertz CT molecular complexity index is 924. The summed E-state index contributed by atoms with van der Waals surface area (Å²) < 4.78 is 12.8. The Morgan fingerprint density at radius 3 is 2.85 bits per heavy atom. The lowest BCUT2D eigenvalue weighted by Gasteiger charge is -2.27. The standard InChI is InChI=1S/C21H35N7O5/c1-5-31-14(3)26-32-9-7-6-8-27(4)13(2)10-15-17(29)18(30)21(33-15)28-12-25-16-19(22)23-11-24-20(16)28/h11-13,15,17-18,21,29-30H,5-10H2,1-4H3,(H2,22,23,24)/b26-14-/t13?,15-,17-,18-,21-/m1/s1. The monoisotopic (exact) mass is 465 g/mol. The van der Waals surface area contributed by atoms with Crippen molar-refractivity contribution in [2.45, 2.75) is 70.6 Å². The SMILES string of the molecule is CCO/C(C)=N\OCCCCN(C)C(C)C[C@H]1O[C@@H](n2cnc3c(N)ncnc32)[C@H](O)[C@@H]1O. The Morgan fingerprint density at radius 2 is 2.09 bits per heavy atom. The van der Waals surface area contributed by atoms with Gasteiger partial charge in [-0.25, -0.2) is 15.0 Å². The van der Waals surface area contributed by atoms with E-state index in [9.17, 15) is 10.2 Å². The van der Waals surface area contributed by atoms with Crippen molar-refractivity contribution >= 4 is 22.9 Å². The van der Waals surface area contributed by atoms with Gasteiger partial charge in [-0.15, -0.1) is 0 Å². The zero-order valence-corrected chi connectivity index (χ0v) is 19.7. The summed E-state index contributed by atoms with van der Waals surface area (Å²) in [6.07, 6.45) is 1.71. The van der Waals surface area contributed by atoms with E-state index in [-0.39, 0.29) is 11.9 Å². The van der Waals surface area contributed by atoms with Crippen molar-refractivity contribution in [3.8, 4) is 0 Å². The summed E-state index contributed by atoms with van der Waals surface area (Å²) in [6.45, 7) is 7.69. The molecule has 0 amide bonds. The fourth-order valence-corrected chi connectivity index (χ4v) is 3.85. The molecule has 2 aromatic heterocycles. The molecule has 3 heterocycles. The quantitative estimate of drug-likeness (QED) is 0.189. The highest BCUT2D eigenvalue weighted by Crippen LogP contribution is 2.34. The summed E-state index contributed by atoms with van der Waals surface area (Å²) in [5.74, 6) is 0.777. The van der Waals surface area contributed by atoms with E-state index < -0.39 is 24.5 Å². The second-order valence-electron chi connectivity index (χ2n) is 8.28. The number of fused-ring (bicyclic) bond motifs is 1. The molecule has 1 unspecified atom stereocenters. The number of nitrogen functional groups attached to an aromatic ring is 1. The summed E-state index contributed by atoms with van der Waals surface area (Å²) in [6, 6.07) is 0.132. The molecule has 1 fully saturated rings. The van der Waals surface area contributed by atoms with Crippen molar-refractivity contribution in [2.24, 2.45) is 5.16 Å². The number of aromatic nitrogens is 4. The second kappa shape index (κ2) is 11.5. The molecule has 1 aliphatic heterocycles. The summed E-state index contributed by atoms with van der Waals surface area (Å²) in [5, 5.41) is 25.1. The molecular weight excluding hydrogens is 430 g/mol. The number of oxime groups is 1. The van der Waals surface area contributed by atoms with Gasteiger partial charge in [-0.3, -0.25) is 4.57 Å². The molecule has 1 aliphatic rings. The maximum absolute atomic E-state index is 10.6. The van der Waals surface area contributed by atoms with Crippen LogP contribution in [0.2, 0.25) is 0 Å². The first-order valence-electron chi connectivity index (χ1n) is 11.3. The topological polar surface area (TPSA) is 153 Å². The summed E-state index contributed by atoms with van der Waals surface area (Å²) >= 11 is 0. The zero-order chi connectivity index (χ0) is 24.0. The van der Waals surface area contributed by atoms with E-state index in [2.05, 4.69) is 31.9 Å². The fourth-order valence-electron chi connectivity index (χ4n) is 3.85. The van der Waals surface area contributed by atoms with Crippen molar-refractivity contribution in [1.29, 1.82) is 0 Å². The summed E-state index contributed by atoms with van der Waals surface area (Å²) in [7, 11) is 2.03. The van der Waals surface area contributed by atoms with Crippen LogP contribution in [0.1, 0.15) is 46.3 Å². The lowest BCUT2D eigenvalue weighted by atomic mass is 10.0. The fraction of sp³-hybridized carbons (Fsp3) is 0.714. The van der Waals surface area contributed by atoms with Crippen LogP contribution >= 0.6 is 0 Å². The molecule has 12 heteroatoms. The lowest BCUT2D eigenvalue weighted by molar-refractivity contribution is -0.0427. The molecule has 12 nitrogen and oxygen atoms in total. The molecule has 0 aliphatic carbocycles. The molecule has 0 bridgehead atoms. The van der Waals surface area contributed by atoms with E-state index in [1.165, 1.54) is 12.7 Å². The third-order valence-electron chi connectivity index (χ3n) is 5.87. The van der Waals surface area contributed by atoms with Gasteiger partial charge < -0.3 is 35.2 Å². The van der Waals surface area contributed by atoms with Crippen molar-refractivity contribution in [1.82, 2.24) is 24.4 Å². The molecule has 1 saturated heterocycles. The Kier molecular flexibility index (Phi) is 8.78. The Labute approximate surface area is 193 Å². The molecule has 3 rings (SSSR count). The third-order valence-corrected chi connectivity index (χ3v) is 5.87. The van der Waals surface area contributed by atoms with Crippen molar-refractivity contribution < 1.29 is 24.5 Å². The highest BCUT2D eigenvalue weighted by Gasteiger charge is 2.44. The number of aliphatic hydroxyl groups excluding tert-OH is 2. The molecule has 0 spiro atoms. The molecule has 33 heavy (non-hydrogen) atoms. The predicted molar refractivity (Wildman–Crippen MR) is 122 cm³/mol. The number of anilines is 1. The number of hydrogen-bond donors (Lipinski definition) is 3. The van der Waals surface area contributed by atoms with Gasteiger partial charge in [0.1, 0.15) is 30.7 Å². The van der Waals surface area contributed by atoms with Crippen LogP contribution in [0.25, 0.3) is 11.2 Å². The van der Waals surface area contributed by atoms with Crippen LogP contribution in [0.15, 0.2) is 17.8 Å². The van der Waals surface area contributed by atoms with E-state index in [4.69, 9.17) is 20.0 Å². The molecule has 4 N–H and O–H groups in total. The number of ether oxygens (including phenoxy) is 2. The minimum Gasteiger partial charge on any atom is -0.479 e. The van der Waals surface area contributed by atoms with Gasteiger partial charge in [-0.2, -0.15) is 0 Å². The minimum absolute atomic E-state index is 0.132. The van der Waals surface area contributed by atoms with Crippen LogP contribution in [-0.4, -0.2) is 91.7 Å². The zero-order valence-electron chi connectivity index (χ0n) is 19.7. The average Bonchev–Trinajstić information content (AvgIpc) is 3.33. The number of hydrogen-bond acceptors (Lipinski definition) is 11. The summed E-state index contributed by atoms with van der Waals surface area (Å²) in [5.41, 5.74) is 6.73. The maximum Gasteiger partial charge on any atom is 0.222 e. The van der Waals surface area contributed by atoms with Crippen LogP contribution in [0.5, 0.6) is 0 Å². The number of unbranched alkanes of at least 4 members (excludes halogenated alkanes) is 1. The van der Waals surface area contributed by atoms with Crippen molar-refractivity contribution in [3.05, 3.63) is 12.7 Å². The lowest BCUT2D eigenvalue weighted by Crippen LogP contribution is -2.38.